The standard InChI is InChI=1S/C32H36N2O2/c1-4-7-8-9-23-10-12-24(13-11-23)25-14-16-28(30(33)20-25)26-18-19-34-31(21-26)29-17-15-27(35-5-2)22-32(29)36-6-3/h10-22H,4-9,33H2,1-3H3. The number of aryl methyl sites for hydroxylation is 1. The fourth-order valence-electron chi connectivity index (χ4n) is 4.44. The molecule has 0 saturated heterocycles. The van der Waals surface area contributed by atoms with Gasteiger partial charge in [0.15, 0.2) is 0 Å². The molecule has 0 aliphatic carbocycles. The van der Waals surface area contributed by atoms with Gasteiger partial charge in [-0.25, -0.2) is 0 Å². The number of hydrogen-bond acceptors (Lipinski definition) is 4. The Morgan fingerprint density at radius 3 is 2.17 bits per heavy atom. The van der Waals surface area contributed by atoms with Crippen molar-refractivity contribution in [1.29, 1.82) is 0 Å². The van der Waals surface area contributed by atoms with Gasteiger partial charge in [0.25, 0.3) is 0 Å². The number of pyridine rings is 1. The smallest absolute Gasteiger partial charge is 0.132 e. The Hall–Kier alpha value is -3.79. The Morgan fingerprint density at radius 2 is 1.44 bits per heavy atom. The van der Waals surface area contributed by atoms with Crippen LogP contribution in [-0.4, -0.2) is 18.2 Å². The van der Waals surface area contributed by atoms with E-state index in [9.17, 15) is 0 Å². The van der Waals surface area contributed by atoms with E-state index in [1.807, 2.05) is 44.3 Å². The summed E-state index contributed by atoms with van der Waals surface area (Å²) in [6, 6.07) is 25.1. The second-order valence-electron chi connectivity index (χ2n) is 8.91. The van der Waals surface area contributed by atoms with Gasteiger partial charge in [-0.3, -0.25) is 4.98 Å². The predicted molar refractivity (Wildman–Crippen MR) is 151 cm³/mol. The highest BCUT2D eigenvalue weighted by Gasteiger charge is 2.12. The van der Waals surface area contributed by atoms with Gasteiger partial charge < -0.3 is 15.2 Å². The van der Waals surface area contributed by atoms with Crippen LogP contribution < -0.4 is 15.2 Å². The highest BCUT2D eigenvalue weighted by atomic mass is 16.5. The van der Waals surface area contributed by atoms with Gasteiger partial charge >= 0.3 is 0 Å². The summed E-state index contributed by atoms with van der Waals surface area (Å²) < 4.78 is 11.6. The highest BCUT2D eigenvalue weighted by Crippen LogP contribution is 2.36. The number of anilines is 1. The zero-order valence-corrected chi connectivity index (χ0v) is 21.6. The summed E-state index contributed by atoms with van der Waals surface area (Å²) in [6.45, 7) is 7.36. The monoisotopic (exact) mass is 480 g/mol. The van der Waals surface area contributed by atoms with E-state index < -0.39 is 0 Å². The highest BCUT2D eigenvalue weighted by molar-refractivity contribution is 5.83. The van der Waals surface area contributed by atoms with Gasteiger partial charge in [0.2, 0.25) is 0 Å². The van der Waals surface area contributed by atoms with E-state index in [-0.39, 0.29) is 0 Å². The molecule has 0 aliphatic rings. The van der Waals surface area contributed by atoms with Gasteiger partial charge in [0, 0.05) is 29.1 Å². The van der Waals surface area contributed by atoms with Crippen molar-refractivity contribution in [3.63, 3.8) is 0 Å². The van der Waals surface area contributed by atoms with Crippen LogP contribution in [0.1, 0.15) is 45.6 Å². The fourth-order valence-corrected chi connectivity index (χ4v) is 4.44. The van der Waals surface area contributed by atoms with E-state index in [4.69, 9.17) is 15.2 Å². The lowest BCUT2D eigenvalue weighted by molar-refractivity contribution is 0.324. The van der Waals surface area contributed by atoms with E-state index in [2.05, 4.69) is 60.4 Å². The Kier molecular flexibility index (Phi) is 8.62. The maximum Gasteiger partial charge on any atom is 0.132 e. The Balaban J connectivity index is 1.59. The quantitative estimate of drug-likeness (QED) is 0.174. The number of unbranched alkanes of at least 4 members (excludes halogenated alkanes) is 2. The maximum atomic E-state index is 6.56. The van der Waals surface area contributed by atoms with Crippen LogP contribution in [0.3, 0.4) is 0 Å². The summed E-state index contributed by atoms with van der Waals surface area (Å²) in [5, 5.41) is 0. The molecule has 0 radical (unpaired) electrons. The fraction of sp³-hybridized carbons (Fsp3) is 0.281. The van der Waals surface area contributed by atoms with Crippen molar-refractivity contribution in [2.75, 3.05) is 18.9 Å². The molecule has 1 aromatic heterocycles. The molecule has 1 heterocycles. The molecule has 4 aromatic rings. The van der Waals surface area contributed by atoms with Crippen LogP contribution in [0.5, 0.6) is 11.5 Å². The van der Waals surface area contributed by atoms with Crippen LogP contribution in [0.2, 0.25) is 0 Å². The molecule has 0 amide bonds. The molecule has 2 N–H and O–H groups in total. The lowest BCUT2D eigenvalue weighted by Gasteiger charge is -2.14. The Morgan fingerprint density at radius 1 is 0.694 bits per heavy atom. The van der Waals surface area contributed by atoms with Crippen molar-refractivity contribution in [2.24, 2.45) is 0 Å². The Labute approximate surface area is 215 Å². The van der Waals surface area contributed by atoms with Crippen LogP contribution >= 0.6 is 0 Å². The number of ether oxygens (including phenoxy) is 2. The summed E-state index contributed by atoms with van der Waals surface area (Å²) in [5.41, 5.74) is 14.8. The van der Waals surface area contributed by atoms with Gasteiger partial charge in [0.1, 0.15) is 11.5 Å². The van der Waals surface area contributed by atoms with Crippen molar-refractivity contribution >= 4 is 5.69 Å². The molecule has 0 unspecified atom stereocenters. The van der Waals surface area contributed by atoms with E-state index in [1.165, 1.54) is 30.4 Å². The van der Waals surface area contributed by atoms with E-state index in [1.54, 1.807) is 0 Å². The van der Waals surface area contributed by atoms with Gasteiger partial charge in [-0.1, -0.05) is 56.2 Å². The number of benzene rings is 3. The number of nitrogens with two attached hydrogens (primary N) is 1. The van der Waals surface area contributed by atoms with Crippen LogP contribution in [0, 0.1) is 0 Å². The third-order valence-electron chi connectivity index (χ3n) is 6.32. The molecule has 0 aliphatic heterocycles. The topological polar surface area (TPSA) is 57.4 Å². The molecule has 0 spiro atoms. The Bertz CT molecular complexity index is 1280. The molecule has 4 rings (SSSR count). The van der Waals surface area contributed by atoms with Crippen LogP contribution in [-0.2, 0) is 6.42 Å². The predicted octanol–water partition coefficient (Wildman–Crippen LogP) is 8.19. The van der Waals surface area contributed by atoms with Crippen molar-refractivity contribution in [2.45, 2.75) is 46.5 Å². The molecule has 0 saturated carbocycles. The van der Waals surface area contributed by atoms with Crippen LogP contribution in [0.15, 0.2) is 79.0 Å². The molecule has 3 aromatic carbocycles. The first-order chi connectivity index (χ1) is 17.6. The first-order valence-electron chi connectivity index (χ1n) is 13.0. The average molecular weight is 481 g/mol. The minimum Gasteiger partial charge on any atom is -0.494 e. The van der Waals surface area contributed by atoms with Gasteiger partial charge in [-0.15, -0.1) is 0 Å². The second kappa shape index (κ2) is 12.3. The van der Waals surface area contributed by atoms with Crippen molar-refractivity contribution < 1.29 is 9.47 Å². The van der Waals surface area contributed by atoms with E-state index in [0.717, 1.165) is 51.6 Å². The first kappa shape index (κ1) is 25.3. The molecule has 0 atom stereocenters. The summed E-state index contributed by atoms with van der Waals surface area (Å²) in [6.07, 6.45) is 6.73. The van der Waals surface area contributed by atoms with Gasteiger partial charge in [-0.2, -0.15) is 0 Å². The molecule has 4 nitrogen and oxygen atoms in total. The molecule has 0 bridgehead atoms. The lowest BCUT2D eigenvalue weighted by Crippen LogP contribution is -1.98. The average Bonchev–Trinajstić information content (AvgIpc) is 2.90. The summed E-state index contributed by atoms with van der Waals surface area (Å²) in [7, 11) is 0. The zero-order valence-electron chi connectivity index (χ0n) is 21.6. The number of hydrogen-bond donors (Lipinski definition) is 1. The largest absolute Gasteiger partial charge is 0.494 e. The number of rotatable bonds is 11. The van der Waals surface area contributed by atoms with Gasteiger partial charge in [-0.05, 0) is 79.3 Å². The van der Waals surface area contributed by atoms with Crippen LogP contribution in [0.25, 0.3) is 33.5 Å². The minimum atomic E-state index is 0.566. The summed E-state index contributed by atoms with van der Waals surface area (Å²) in [5.74, 6) is 1.55. The second-order valence-corrected chi connectivity index (χ2v) is 8.91. The minimum absolute atomic E-state index is 0.566. The molecule has 4 heteroatoms. The van der Waals surface area contributed by atoms with Crippen molar-refractivity contribution in [1.82, 2.24) is 4.98 Å². The number of aromatic nitrogens is 1. The van der Waals surface area contributed by atoms with Crippen LogP contribution in [0.4, 0.5) is 5.69 Å². The summed E-state index contributed by atoms with van der Waals surface area (Å²) in [4.78, 5) is 4.62. The van der Waals surface area contributed by atoms with Crippen molar-refractivity contribution in [3.05, 3.63) is 84.6 Å². The molecule has 36 heavy (non-hydrogen) atoms. The third kappa shape index (κ3) is 6.06. The lowest BCUT2D eigenvalue weighted by atomic mass is 9.96. The zero-order chi connectivity index (χ0) is 25.3. The first-order valence-corrected chi connectivity index (χ1v) is 13.0. The normalized spacial score (nSPS) is 10.9. The summed E-state index contributed by atoms with van der Waals surface area (Å²) >= 11 is 0. The molecular weight excluding hydrogens is 444 g/mol. The number of nitrogens with zero attached hydrogens (tertiary/aromatic N) is 1. The SMILES string of the molecule is CCCCCc1ccc(-c2ccc(-c3ccnc(-c4ccc(OCC)cc4OCC)c3)c(N)c2)cc1. The van der Waals surface area contributed by atoms with E-state index in [0.29, 0.717) is 13.2 Å². The van der Waals surface area contributed by atoms with Crippen molar-refractivity contribution in [3.8, 4) is 45.0 Å². The third-order valence-corrected chi connectivity index (χ3v) is 6.32. The number of nitrogen functional groups attached to an aromatic ring is 1. The van der Waals surface area contributed by atoms with E-state index >= 15 is 0 Å². The molecule has 186 valence electrons. The van der Waals surface area contributed by atoms with Gasteiger partial charge in [0.05, 0.1) is 18.9 Å². The maximum absolute atomic E-state index is 6.56. The molecule has 0 fully saturated rings. The molecular formula is C32H36N2O2.